The van der Waals surface area contributed by atoms with Crippen LogP contribution in [0.5, 0.6) is 0 Å². The van der Waals surface area contributed by atoms with Gasteiger partial charge in [0.05, 0.1) is 30.4 Å². The molecule has 214 valence electrons. The first-order chi connectivity index (χ1) is 17.5. The Morgan fingerprint density at radius 2 is 1.84 bits per heavy atom. The van der Waals surface area contributed by atoms with Crippen molar-refractivity contribution in [2.75, 3.05) is 31.1 Å². The summed E-state index contributed by atoms with van der Waals surface area (Å²) in [6, 6.07) is -0.707. The molecule has 4 atom stereocenters. The number of amides is 2. The van der Waals surface area contributed by atoms with Gasteiger partial charge in [0.1, 0.15) is 6.10 Å². The van der Waals surface area contributed by atoms with Crippen LogP contribution in [0.2, 0.25) is 18.1 Å². The molecule has 0 bridgehead atoms. The zero-order valence-electron chi connectivity index (χ0n) is 22.7. The van der Waals surface area contributed by atoms with Gasteiger partial charge in [-0.2, -0.15) is 13.2 Å². The molecule has 2 fully saturated rings. The molecule has 0 spiro atoms. The fraction of sp³-hybridized carbons (Fsp3) is 0.750. The second-order valence-electron chi connectivity index (χ2n) is 11.5. The topological polar surface area (TPSA) is 117 Å². The van der Waals surface area contributed by atoms with Gasteiger partial charge >= 0.3 is 12.3 Å². The van der Waals surface area contributed by atoms with E-state index in [0.717, 1.165) is 12.4 Å². The molecule has 38 heavy (non-hydrogen) atoms. The molecule has 0 radical (unpaired) electrons. The van der Waals surface area contributed by atoms with Crippen molar-refractivity contribution in [1.29, 1.82) is 0 Å². The monoisotopic (exact) mass is 561 g/mol. The van der Waals surface area contributed by atoms with Crippen molar-refractivity contribution in [2.45, 2.75) is 89.1 Å². The van der Waals surface area contributed by atoms with Crippen LogP contribution in [-0.4, -0.2) is 90.8 Å². The van der Waals surface area contributed by atoms with E-state index in [1.54, 1.807) is 11.8 Å². The van der Waals surface area contributed by atoms with E-state index < -0.39 is 44.4 Å². The average Bonchev–Trinajstić information content (AvgIpc) is 3.15. The standard InChI is InChI=1S/C24H38F3N5O5Si/c1-15(30-22(34)35)14-36-18-8-10-32(20(18)33)17-7-9-31(13-19(17)37-38(5,6)23(2,3)4)21-28-11-16(12-29-21)24(25,26)27/h11-12,15,17-19,30H,7-10,13-14H2,1-6H3,(H,34,35)/t15?,17-,18-,19+/m1/s1. The Kier molecular flexibility index (Phi) is 8.98. The van der Waals surface area contributed by atoms with Gasteiger partial charge in [0.2, 0.25) is 5.95 Å². The number of hydrogen-bond acceptors (Lipinski definition) is 7. The summed E-state index contributed by atoms with van der Waals surface area (Å²) in [6.45, 7) is 13.6. The van der Waals surface area contributed by atoms with Crippen LogP contribution in [0.15, 0.2) is 12.4 Å². The Morgan fingerprint density at radius 1 is 1.21 bits per heavy atom. The van der Waals surface area contributed by atoms with Gasteiger partial charge < -0.3 is 29.4 Å². The first kappa shape index (κ1) is 30.1. The number of anilines is 1. The third-order valence-corrected chi connectivity index (χ3v) is 12.0. The molecular weight excluding hydrogens is 523 g/mol. The summed E-state index contributed by atoms with van der Waals surface area (Å²) in [4.78, 5) is 35.6. The summed E-state index contributed by atoms with van der Waals surface area (Å²) in [5.41, 5.74) is -0.910. The molecule has 2 aliphatic heterocycles. The van der Waals surface area contributed by atoms with Gasteiger partial charge in [-0.1, -0.05) is 20.8 Å². The van der Waals surface area contributed by atoms with E-state index in [1.807, 2.05) is 4.90 Å². The lowest BCUT2D eigenvalue weighted by Crippen LogP contribution is -2.60. The molecule has 10 nitrogen and oxygen atoms in total. The first-order valence-corrected chi connectivity index (χ1v) is 15.6. The SMILES string of the molecule is CC(CO[C@@H]1CCN([C@@H]2CCN(c3ncc(C(F)(F)F)cn3)C[C@@H]2O[Si](C)(C)C(C)(C)C)C1=O)NC(=O)O. The molecule has 1 aromatic rings. The molecule has 0 aromatic carbocycles. The summed E-state index contributed by atoms with van der Waals surface area (Å²) in [5, 5.41) is 11.1. The molecule has 2 aliphatic rings. The zero-order chi connectivity index (χ0) is 28.5. The minimum absolute atomic E-state index is 0.0736. The number of likely N-dealkylation sites (tertiary alicyclic amines) is 1. The van der Waals surface area contributed by atoms with E-state index in [2.05, 4.69) is 49.1 Å². The normalized spacial score (nSPS) is 24.0. The fourth-order valence-electron chi connectivity index (χ4n) is 4.42. The number of piperidine rings is 1. The Hall–Kier alpha value is -2.45. The highest BCUT2D eigenvalue weighted by atomic mass is 28.4. The number of aromatic nitrogens is 2. The molecule has 14 heteroatoms. The highest BCUT2D eigenvalue weighted by molar-refractivity contribution is 6.74. The fourth-order valence-corrected chi connectivity index (χ4v) is 5.76. The van der Waals surface area contributed by atoms with Crippen LogP contribution < -0.4 is 10.2 Å². The number of alkyl halides is 3. The van der Waals surface area contributed by atoms with Gasteiger partial charge in [-0.3, -0.25) is 4.79 Å². The zero-order valence-corrected chi connectivity index (χ0v) is 23.7. The van der Waals surface area contributed by atoms with Gasteiger partial charge in [0.15, 0.2) is 8.32 Å². The van der Waals surface area contributed by atoms with Gasteiger partial charge in [-0.25, -0.2) is 14.8 Å². The van der Waals surface area contributed by atoms with Gasteiger partial charge in [0, 0.05) is 38.4 Å². The van der Waals surface area contributed by atoms with E-state index in [0.29, 0.717) is 32.5 Å². The Bertz CT molecular complexity index is 989. The second kappa shape index (κ2) is 11.3. The molecule has 1 aromatic heterocycles. The molecular formula is C24H38F3N5O5Si. The van der Waals surface area contributed by atoms with Crippen molar-refractivity contribution in [3.63, 3.8) is 0 Å². The second-order valence-corrected chi connectivity index (χ2v) is 16.2. The number of carboxylic acid groups (broad SMARTS) is 1. The lowest BCUT2D eigenvalue weighted by Gasteiger charge is -2.47. The highest BCUT2D eigenvalue weighted by Gasteiger charge is 2.47. The Morgan fingerprint density at radius 3 is 2.39 bits per heavy atom. The van der Waals surface area contributed by atoms with Crippen molar-refractivity contribution >= 4 is 26.3 Å². The van der Waals surface area contributed by atoms with E-state index in [-0.39, 0.29) is 29.5 Å². The van der Waals surface area contributed by atoms with Crippen LogP contribution in [0.25, 0.3) is 0 Å². The summed E-state index contributed by atoms with van der Waals surface area (Å²) in [7, 11) is -2.28. The van der Waals surface area contributed by atoms with Crippen molar-refractivity contribution in [2.24, 2.45) is 0 Å². The van der Waals surface area contributed by atoms with Gasteiger partial charge in [0.25, 0.3) is 5.91 Å². The molecule has 3 rings (SSSR count). The van der Waals surface area contributed by atoms with Crippen molar-refractivity contribution in [3.8, 4) is 0 Å². The molecule has 2 amide bonds. The summed E-state index contributed by atoms with van der Waals surface area (Å²) >= 11 is 0. The minimum atomic E-state index is -4.52. The van der Waals surface area contributed by atoms with Crippen molar-refractivity contribution in [3.05, 3.63) is 18.0 Å². The van der Waals surface area contributed by atoms with Crippen LogP contribution >= 0.6 is 0 Å². The highest BCUT2D eigenvalue weighted by Crippen LogP contribution is 2.39. The van der Waals surface area contributed by atoms with E-state index >= 15 is 0 Å². The summed E-state index contributed by atoms with van der Waals surface area (Å²) in [5.74, 6) is 0.0229. The van der Waals surface area contributed by atoms with Crippen LogP contribution in [0.1, 0.15) is 46.1 Å². The molecule has 2 N–H and O–H groups in total. The molecule has 3 heterocycles. The number of ether oxygens (including phenoxy) is 1. The third kappa shape index (κ3) is 7.14. The third-order valence-electron chi connectivity index (χ3n) is 7.53. The van der Waals surface area contributed by atoms with Crippen LogP contribution in [0, 0.1) is 0 Å². The largest absolute Gasteiger partial charge is 0.465 e. The molecule has 0 aliphatic carbocycles. The number of nitrogens with one attached hydrogen (secondary N) is 1. The molecule has 2 saturated heterocycles. The number of hydrogen-bond donors (Lipinski definition) is 2. The van der Waals surface area contributed by atoms with E-state index in [9.17, 15) is 22.8 Å². The van der Waals surface area contributed by atoms with Crippen LogP contribution in [0.4, 0.5) is 23.9 Å². The summed E-state index contributed by atoms with van der Waals surface area (Å²) in [6.07, 6.45) is -4.17. The maximum Gasteiger partial charge on any atom is 0.419 e. The smallest absolute Gasteiger partial charge is 0.419 e. The lowest BCUT2D eigenvalue weighted by molar-refractivity contribution is -0.141. The predicted octanol–water partition coefficient (Wildman–Crippen LogP) is 3.74. The van der Waals surface area contributed by atoms with Gasteiger partial charge in [-0.15, -0.1) is 0 Å². The predicted molar refractivity (Wildman–Crippen MR) is 136 cm³/mol. The van der Waals surface area contributed by atoms with Crippen molar-refractivity contribution in [1.82, 2.24) is 20.2 Å². The maximum atomic E-state index is 13.3. The van der Waals surface area contributed by atoms with Crippen molar-refractivity contribution < 1.29 is 37.0 Å². The number of halogens is 3. The molecule has 1 unspecified atom stereocenters. The first-order valence-electron chi connectivity index (χ1n) is 12.7. The molecule has 0 saturated carbocycles. The summed E-state index contributed by atoms with van der Waals surface area (Å²) < 4.78 is 51.5. The minimum Gasteiger partial charge on any atom is -0.465 e. The number of rotatable bonds is 8. The number of nitrogens with zero attached hydrogens (tertiary/aromatic N) is 4. The average molecular weight is 562 g/mol. The van der Waals surface area contributed by atoms with Gasteiger partial charge in [-0.05, 0) is 31.5 Å². The van der Waals surface area contributed by atoms with Crippen LogP contribution in [-0.2, 0) is 20.1 Å². The van der Waals surface area contributed by atoms with E-state index in [1.165, 1.54) is 0 Å². The lowest BCUT2D eigenvalue weighted by atomic mass is 10.0. The number of carbonyl (C=O) groups excluding carboxylic acids is 1. The Labute approximate surface area is 222 Å². The maximum absolute atomic E-state index is 13.3. The van der Waals surface area contributed by atoms with E-state index in [4.69, 9.17) is 14.3 Å². The quantitative estimate of drug-likeness (QED) is 0.461. The number of carbonyl (C=O) groups is 2. The Balaban J connectivity index is 1.76. The van der Waals surface area contributed by atoms with Crippen LogP contribution in [0.3, 0.4) is 0 Å².